The summed E-state index contributed by atoms with van der Waals surface area (Å²) in [5.41, 5.74) is 1.24. The quantitative estimate of drug-likeness (QED) is 0.924. The van der Waals surface area contributed by atoms with Gasteiger partial charge in [0.1, 0.15) is 11.5 Å². The maximum atomic E-state index is 5.76. The van der Waals surface area contributed by atoms with Crippen LogP contribution in [0.15, 0.2) is 18.2 Å². The molecule has 4 nitrogen and oxygen atoms in total. The lowest BCUT2D eigenvalue weighted by molar-refractivity contribution is 0.171. The molecule has 2 unspecified atom stereocenters. The second-order valence-electron chi connectivity index (χ2n) is 6.13. The van der Waals surface area contributed by atoms with Crippen LogP contribution >= 0.6 is 0 Å². The number of fused-ring (bicyclic) bond motifs is 1. The SMILES string of the molecule is COc1ccc2c(c1)C(NCC1CCCCN1C)CCO2. The third kappa shape index (κ3) is 3.33. The largest absolute Gasteiger partial charge is 0.497 e. The van der Waals surface area contributed by atoms with Crippen molar-refractivity contribution < 1.29 is 9.47 Å². The second kappa shape index (κ2) is 6.67. The fourth-order valence-electron chi connectivity index (χ4n) is 3.39. The molecule has 3 rings (SSSR count). The fraction of sp³-hybridized carbons (Fsp3) is 0.647. The maximum absolute atomic E-state index is 5.76. The summed E-state index contributed by atoms with van der Waals surface area (Å²) in [4.78, 5) is 2.49. The summed E-state index contributed by atoms with van der Waals surface area (Å²) in [5.74, 6) is 1.90. The molecular weight excluding hydrogens is 264 g/mol. The predicted octanol–water partition coefficient (Wildman–Crippen LogP) is 2.59. The van der Waals surface area contributed by atoms with Gasteiger partial charge in [0, 0.05) is 30.6 Å². The van der Waals surface area contributed by atoms with Gasteiger partial charge in [0.15, 0.2) is 0 Å². The van der Waals surface area contributed by atoms with E-state index >= 15 is 0 Å². The lowest BCUT2D eigenvalue weighted by Gasteiger charge is -2.35. The third-order valence-electron chi connectivity index (χ3n) is 4.78. The van der Waals surface area contributed by atoms with Crippen molar-refractivity contribution in [2.24, 2.45) is 0 Å². The topological polar surface area (TPSA) is 33.7 Å². The number of nitrogens with zero attached hydrogens (tertiary/aromatic N) is 1. The summed E-state index contributed by atoms with van der Waals surface area (Å²) in [6, 6.07) is 7.14. The van der Waals surface area contributed by atoms with Gasteiger partial charge in [-0.05, 0) is 44.6 Å². The lowest BCUT2D eigenvalue weighted by Crippen LogP contribution is -2.44. The number of ether oxygens (including phenoxy) is 2. The normalized spacial score (nSPS) is 26.0. The summed E-state index contributed by atoms with van der Waals surface area (Å²) in [5, 5.41) is 3.75. The summed E-state index contributed by atoms with van der Waals surface area (Å²) in [6.45, 7) is 3.07. The molecule has 2 aliphatic heterocycles. The van der Waals surface area contributed by atoms with E-state index in [0.717, 1.165) is 31.1 Å². The summed E-state index contributed by atoms with van der Waals surface area (Å²) in [7, 11) is 3.96. The van der Waals surface area contributed by atoms with Crippen molar-refractivity contribution in [2.75, 3.05) is 33.9 Å². The summed E-state index contributed by atoms with van der Waals surface area (Å²) >= 11 is 0. The molecule has 1 aromatic rings. The lowest BCUT2D eigenvalue weighted by atomic mass is 9.98. The van der Waals surface area contributed by atoms with Crippen LogP contribution in [0.5, 0.6) is 11.5 Å². The molecule has 1 saturated heterocycles. The van der Waals surface area contributed by atoms with E-state index in [1.807, 2.05) is 12.1 Å². The van der Waals surface area contributed by atoms with Gasteiger partial charge in [0.25, 0.3) is 0 Å². The Hall–Kier alpha value is -1.26. The zero-order valence-corrected chi connectivity index (χ0v) is 13.1. The molecule has 0 aliphatic carbocycles. The molecule has 0 saturated carbocycles. The molecule has 0 aromatic heterocycles. The van der Waals surface area contributed by atoms with Crippen molar-refractivity contribution in [1.29, 1.82) is 0 Å². The number of hydrogen-bond donors (Lipinski definition) is 1. The first-order chi connectivity index (χ1) is 10.3. The first kappa shape index (κ1) is 14.7. The van der Waals surface area contributed by atoms with Gasteiger partial charge in [-0.3, -0.25) is 0 Å². The highest BCUT2D eigenvalue weighted by molar-refractivity contribution is 5.43. The van der Waals surface area contributed by atoms with Gasteiger partial charge in [-0.15, -0.1) is 0 Å². The van der Waals surface area contributed by atoms with Crippen LogP contribution in [0.1, 0.15) is 37.3 Å². The smallest absolute Gasteiger partial charge is 0.124 e. The van der Waals surface area contributed by atoms with E-state index in [2.05, 4.69) is 23.3 Å². The number of likely N-dealkylation sites (tertiary alicyclic amines) is 1. The van der Waals surface area contributed by atoms with E-state index in [1.165, 1.54) is 31.4 Å². The predicted molar refractivity (Wildman–Crippen MR) is 84.1 cm³/mol. The number of piperidine rings is 1. The van der Waals surface area contributed by atoms with Gasteiger partial charge < -0.3 is 19.7 Å². The third-order valence-corrected chi connectivity index (χ3v) is 4.78. The Morgan fingerprint density at radius 3 is 3.05 bits per heavy atom. The van der Waals surface area contributed by atoms with Crippen LogP contribution in [0.25, 0.3) is 0 Å². The van der Waals surface area contributed by atoms with Crippen molar-refractivity contribution in [1.82, 2.24) is 10.2 Å². The molecule has 1 fully saturated rings. The second-order valence-corrected chi connectivity index (χ2v) is 6.13. The van der Waals surface area contributed by atoms with Gasteiger partial charge in [0.05, 0.1) is 13.7 Å². The Kier molecular flexibility index (Phi) is 4.66. The van der Waals surface area contributed by atoms with E-state index in [4.69, 9.17) is 9.47 Å². The van der Waals surface area contributed by atoms with Crippen LogP contribution in [0.3, 0.4) is 0 Å². The Morgan fingerprint density at radius 2 is 2.24 bits per heavy atom. The molecule has 2 heterocycles. The minimum atomic E-state index is 0.374. The number of methoxy groups -OCH3 is 1. The van der Waals surface area contributed by atoms with Crippen LogP contribution in [-0.2, 0) is 0 Å². The van der Waals surface area contributed by atoms with Crippen LogP contribution in [-0.4, -0.2) is 44.8 Å². The number of rotatable bonds is 4. The minimum Gasteiger partial charge on any atom is -0.497 e. The van der Waals surface area contributed by atoms with E-state index in [1.54, 1.807) is 7.11 Å². The first-order valence-corrected chi connectivity index (χ1v) is 8.02. The molecule has 1 aromatic carbocycles. The van der Waals surface area contributed by atoms with Crippen molar-refractivity contribution in [3.8, 4) is 11.5 Å². The average Bonchev–Trinajstić information content (AvgIpc) is 2.53. The Balaban J connectivity index is 1.67. The number of benzene rings is 1. The number of nitrogens with one attached hydrogen (secondary N) is 1. The highest BCUT2D eigenvalue weighted by Gasteiger charge is 2.24. The van der Waals surface area contributed by atoms with Gasteiger partial charge in [-0.2, -0.15) is 0 Å². The van der Waals surface area contributed by atoms with Gasteiger partial charge in [-0.25, -0.2) is 0 Å². The van der Waals surface area contributed by atoms with Crippen molar-refractivity contribution in [3.05, 3.63) is 23.8 Å². The van der Waals surface area contributed by atoms with Crippen molar-refractivity contribution in [2.45, 2.75) is 37.8 Å². The molecule has 0 spiro atoms. The molecule has 0 bridgehead atoms. The van der Waals surface area contributed by atoms with Crippen LogP contribution in [0.2, 0.25) is 0 Å². The van der Waals surface area contributed by atoms with Crippen LogP contribution < -0.4 is 14.8 Å². The fourth-order valence-corrected chi connectivity index (χ4v) is 3.39. The van der Waals surface area contributed by atoms with E-state index in [0.29, 0.717) is 12.1 Å². The van der Waals surface area contributed by atoms with Crippen molar-refractivity contribution in [3.63, 3.8) is 0 Å². The number of likely N-dealkylation sites (N-methyl/N-ethyl adjacent to an activating group) is 1. The molecule has 116 valence electrons. The van der Waals surface area contributed by atoms with E-state index in [9.17, 15) is 0 Å². The Morgan fingerprint density at radius 1 is 1.33 bits per heavy atom. The maximum Gasteiger partial charge on any atom is 0.124 e. The average molecular weight is 290 g/mol. The van der Waals surface area contributed by atoms with Crippen LogP contribution in [0.4, 0.5) is 0 Å². The van der Waals surface area contributed by atoms with Gasteiger partial charge in [-0.1, -0.05) is 6.42 Å². The summed E-state index contributed by atoms with van der Waals surface area (Å²) < 4.78 is 11.1. The molecular formula is C17H26N2O2. The molecule has 2 atom stereocenters. The molecule has 0 amide bonds. The minimum absolute atomic E-state index is 0.374. The van der Waals surface area contributed by atoms with E-state index in [-0.39, 0.29) is 0 Å². The highest BCUT2D eigenvalue weighted by Crippen LogP contribution is 2.34. The van der Waals surface area contributed by atoms with Gasteiger partial charge >= 0.3 is 0 Å². The monoisotopic (exact) mass is 290 g/mol. The Bertz CT molecular complexity index is 478. The molecule has 4 heteroatoms. The zero-order chi connectivity index (χ0) is 14.7. The standard InChI is InChI=1S/C17H26N2O2/c1-19-9-4-3-5-13(19)12-18-16-8-10-21-17-7-6-14(20-2)11-15(16)17/h6-7,11,13,16,18H,3-5,8-10,12H2,1-2H3. The van der Waals surface area contributed by atoms with Crippen molar-refractivity contribution >= 4 is 0 Å². The highest BCUT2D eigenvalue weighted by atomic mass is 16.5. The van der Waals surface area contributed by atoms with Crippen LogP contribution in [0, 0.1) is 0 Å². The van der Waals surface area contributed by atoms with Gasteiger partial charge in [0.2, 0.25) is 0 Å². The Labute approximate surface area is 127 Å². The zero-order valence-electron chi connectivity index (χ0n) is 13.1. The number of hydrogen-bond acceptors (Lipinski definition) is 4. The molecule has 0 radical (unpaired) electrons. The molecule has 21 heavy (non-hydrogen) atoms. The van der Waals surface area contributed by atoms with E-state index < -0.39 is 0 Å². The molecule has 2 aliphatic rings. The summed E-state index contributed by atoms with van der Waals surface area (Å²) in [6.07, 6.45) is 5.02. The first-order valence-electron chi connectivity index (χ1n) is 8.02. The molecule has 1 N–H and O–H groups in total.